The van der Waals surface area contributed by atoms with E-state index in [4.69, 9.17) is 17.0 Å². The Labute approximate surface area is 107 Å². The molecule has 0 spiro atoms. The van der Waals surface area contributed by atoms with Crippen LogP contribution in [0.1, 0.15) is 26.7 Å². The van der Waals surface area contributed by atoms with Crippen LogP contribution in [-0.4, -0.2) is 40.6 Å². The molecule has 2 heterocycles. The topological polar surface area (TPSA) is 46.1 Å². The highest BCUT2D eigenvalue weighted by molar-refractivity contribution is 7.71. The van der Waals surface area contributed by atoms with Gasteiger partial charge in [0.1, 0.15) is 0 Å². The number of nitrogens with one attached hydrogen (secondary N) is 1. The quantitative estimate of drug-likeness (QED) is 0.818. The molecule has 0 aromatic carbocycles. The van der Waals surface area contributed by atoms with Gasteiger partial charge in [-0.3, -0.25) is 4.57 Å². The fourth-order valence-corrected chi connectivity index (χ4v) is 2.48. The van der Waals surface area contributed by atoms with Crippen LogP contribution < -0.4 is 4.90 Å². The Morgan fingerprint density at radius 2 is 2.41 bits per heavy atom. The molecule has 1 saturated heterocycles. The first-order chi connectivity index (χ1) is 8.26. The van der Waals surface area contributed by atoms with Crippen molar-refractivity contribution in [3.8, 4) is 0 Å². The molecule has 1 aliphatic heterocycles. The molecule has 1 aromatic heterocycles. The minimum atomic E-state index is 0.338. The van der Waals surface area contributed by atoms with Crippen LogP contribution in [0.3, 0.4) is 0 Å². The van der Waals surface area contributed by atoms with Gasteiger partial charge in [-0.2, -0.15) is 0 Å². The van der Waals surface area contributed by atoms with Crippen LogP contribution in [0.4, 0.5) is 5.95 Å². The summed E-state index contributed by atoms with van der Waals surface area (Å²) in [5, 5.41) is 7.18. The highest BCUT2D eigenvalue weighted by Crippen LogP contribution is 2.17. The predicted octanol–water partition coefficient (Wildman–Crippen LogP) is 1.97. The number of H-pyrrole nitrogens is 1. The van der Waals surface area contributed by atoms with Crippen molar-refractivity contribution in [1.82, 2.24) is 14.8 Å². The van der Waals surface area contributed by atoms with Crippen LogP contribution in [0, 0.1) is 4.77 Å². The average Bonchev–Trinajstić information content (AvgIpc) is 2.95. The van der Waals surface area contributed by atoms with E-state index in [0.29, 0.717) is 10.9 Å². The number of likely N-dealkylation sites (N-methyl/N-ethyl adjacent to an activating group) is 1. The standard InChI is InChI=1S/C11H20N4OS/c1-3-14(8-9-6-5-7-16-9)10-12-13-11(17)15(10)4-2/h9H,3-8H2,1-2H3,(H,13,17). The van der Waals surface area contributed by atoms with E-state index in [9.17, 15) is 0 Å². The summed E-state index contributed by atoms with van der Waals surface area (Å²) < 4.78 is 8.38. The molecular formula is C11H20N4OS. The van der Waals surface area contributed by atoms with Crippen LogP contribution in [-0.2, 0) is 11.3 Å². The van der Waals surface area contributed by atoms with Crippen LogP contribution in [0.15, 0.2) is 0 Å². The second kappa shape index (κ2) is 5.64. The van der Waals surface area contributed by atoms with Crippen molar-refractivity contribution < 1.29 is 4.74 Å². The van der Waals surface area contributed by atoms with Crippen molar-refractivity contribution in [3.05, 3.63) is 4.77 Å². The third-order valence-corrected chi connectivity index (χ3v) is 3.48. The number of anilines is 1. The molecule has 2 rings (SSSR count). The first-order valence-electron chi connectivity index (χ1n) is 6.28. The Hall–Kier alpha value is -0.880. The van der Waals surface area contributed by atoms with Crippen molar-refractivity contribution in [2.75, 3.05) is 24.6 Å². The van der Waals surface area contributed by atoms with E-state index in [0.717, 1.165) is 38.6 Å². The second-order valence-electron chi connectivity index (χ2n) is 4.25. The fourth-order valence-electron chi connectivity index (χ4n) is 2.22. The van der Waals surface area contributed by atoms with Gasteiger partial charge in [0.2, 0.25) is 5.95 Å². The van der Waals surface area contributed by atoms with Crippen molar-refractivity contribution in [2.24, 2.45) is 0 Å². The molecule has 0 radical (unpaired) electrons. The molecule has 1 atom stereocenters. The summed E-state index contributed by atoms with van der Waals surface area (Å²) in [6, 6.07) is 0. The number of nitrogens with zero attached hydrogens (tertiary/aromatic N) is 3. The van der Waals surface area contributed by atoms with E-state index >= 15 is 0 Å². The van der Waals surface area contributed by atoms with Crippen molar-refractivity contribution in [1.29, 1.82) is 0 Å². The molecule has 0 saturated carbocycles. The van der Waals surface area contributed by atoms with Crippen molar-refractivity contribution in [3.63, 3.8) is 0 Å². The van der Waals surface area contributed by atoms with E-state index in [1.165, 1.54) is 6.42 Å². The molecule has 96 valence electrons. The summed E-state index contributed by atoms with van der Waals surface area (Å²) in [6.07, 6.45) is 2.65. The molecule has 6 heteroatoms. The zero-order valence-electron chi connectivity index (χ0n) is 10.5. The van der Waals surface area contributed by atoms with E-state index in [2.05, 4.69) is 28.9 Å². The molecule has 0 amide bonds. The number of aromatic nitrogens is 3. The number of hydrogen-bond acceptors (Lipinski definition) is 4. The van der Waals surface area contributed by atoms with E-state index < -0.39 is 0 Å². The molecule has 5 nitrogen and oxygen atoms in total. The summed E-state index contributed by atoms with van der Waals surface area (Å²) in [7, 11) is 0. The summed E-state index contributed by atoms with van der Waals surface area (Å²) >= 11 is 5.21. The van der Waals surface area contributed by atoms with Crippen molar-refractivity contribution >= 4 is 18.2 Å². The number of hydrogen-bond donors (Lipinski definition) is 1. The van der Waals surface area contributed by atoms with Gasteiger partial charge in [0.05, 0.1) is 6.10 Å². The molecule has 1 fully saturated rings. The lowest BCUT2D eigenvalue weighted by molar-refractivity contribution is 0.115. The third-order valence-electron chi connectivity index (χ3n) is 3.17. The molecule has 0 bridgehead atoms. The van der Waals surface area contributed by atoms with Gasteiger partial charge in [0.15, 0.2) is 4.77 Å². The van der Waals surface area contributed by atoms with Gasteiger partial charge in [-0.05, 0) is 38.9 Å². The summed E-state index contributed by atoms with van der Waals surface area (Å²) in [5.41, 5.74) is 0. The third kappa shape index (κ3) is 2.69. The summed E-state index contributed by atoms with van der Waals surface area (Å²) in [5.74, 6) is 0.926. The zero-order valence-corrected chi connectivity index (χ0v) is 11.3. The zero-order chi connectivity index (χ0) is 12.3. The van der Waals surface area contributed by atoms with E-state index in [-0.39, 0.29) is 0 Å². The maximum absolute atomic E-state index is 5.67. The SMILES string of the molecule is CCN(CC1CCCO1)c1n[nH]c(=S)n1CC. The maximum atomic E-state index is 5.67. The number of ether oxygens (including phenoxy) is 1. The lowest BCUT2D eigenvalue weighted by atomic mass is 10.2. The Balaban J connectivity index is 2.13. The lowest BCUT2D eigenvalue weighted by Gasteiger charge is -2.24. The molecule has 1 aliphatic rings. The van der Waals surface area contributed by atoms with Crippen LogP contribution in [0.5, 0.6) is 0 Å². The van der Waals surface area contributed by atoms with E-state index in [1.807, 2.05) is 4.57 Å². The Bertz CT molecular complexity index is 408. The highest BCUT2D eigenvalue weighted by atomic mass is 32.1. The first-order valence-corrected chi connectivity index (χ1v) is 6.68. The molecule has 1 N–H and O–H groups in total. The van der Waals surface area contributed by atoms with Crippen molar-refractivity contribution in [2.45, 2.75) is 39.3 Å². The molecular weight excluding hydrogens is 236 g/mol. The fraction of sp³-hybridized carbons (Fsp3) is 0.818. The van der Waals surface area contributed by atoms with Crippen LogP contribution in [0.2, 0.25) is 0 Å². The Morgan fingerprint density at radius 1 is 1.59 bits per heavy atom. The number of rotatable bonds is 5. The first kappa shape index (κ1) is 12.6. The van der Waals surface area contributed by atoms with Gasteiger partial charge in [-0.25, -0.2) is 5.10 Å². The minimum absolute atomic E-state index is 0.338. The normalized spacial score (nSPS) is 19.8. The predicted molar refractivity (Wildman–Crippen MR) is 69.9 cm³/mol. The van der Waals surface area contributed by atoms with Gasteiger partial charge in [-0.1, -0.05) is 0 Å². The van der Waals surface area contributed by atoms with Gasteiger partial charge < -0.3 is 9.64 Å². The Kier molecular flexibility index (Phi) is 4.17. The molecule has 0 aliphatic carbocycles. The van der Waals surface area contributed by atoms with Crippen LogP contribution in [0.25, 0.3) is 0 Å². The molecule has 17 heavy (non-hydrogen) atoms. The monoisotopic (exact) mass is 256 g/mol. The lowest BCUT2D eigenvalue weighted by Crippen LogP contribution is -2.34. The van der Waals surface area contributed by atoms with Crippen LogP contribution >= 0.6 is 12.2 Å². The number of aromatic amines is 1. The minimum Gasteiger partial charge on any atom is -0.376 e. The van der Waals surface area contributed by atoms with E-state index in [1.54, 1.807) is 0 Å². The van der Waals surface area contributed by atoms with Gasteiger partial charge >= 0.3 is 0 Å². The summed E-state index contributed by atoms with van der Waals surface area (Å²) in [4.78, 5) is 2.23. The van der Waals surface area contributed by atoms with Gasteiger partial charge in [0.25, 0.3) is 0 Å². The smallest absolute Gasteiger partial charge is 0.225 e. The molecule has 1 aromatic rings. The summed E-state index contributed by atoms with van der Waals surface area (Å²) in [6.45, 7) is 7.76. The highest BCUT2D eigenvalue weighted by Gasteiger charge is 2.21. The molecule has 1 unspecified atom stereocenters. The largest absolute Gasteiger partial charge is 0.376 e. The maximum Gasteiger partial charge on any atom is 0.225 e. The van der Waals surface area contributed by atoms with Gasteiger partial charge in [-0.15, -0.1) is 5.10 Å². The average molecular weight is 256 g/mol. The van der Waals surface area contributed by atoms with Gasteiger partial charge in [0, 0.05) is 26.2 Å². The Morgan fingerprint density at radius 3 is 3.00 bits per heavy atom. The second-order valence-corrected chi connectivity index (χ2v) is 4.63.